The van der Waals surface area contributed by atoms with Crippen molar-refractivity contribution in [2.75, 3.05) is 0 Å². The van der Waals surface area contributed by atoms with Gasteiger partial charge >= 0.3 is 0 Å². The number of furan rings is 1. The van der Waals surface area contributed by atoms with Crippen molar-refractivity contribution in [3.05, 3.63) is 52.7 Å². The van der Waals surface area contributed by atoms with Gasteiger partial charge in [0.05, 0.1) is 12.2 Å². The van der Waals surface area contributed by atoms with Crippen molar-refractivity contribution >= 4 is 15.9 Å². The fraction of sp³-hybridized carbons (Fsp3) is 0.250. The zero-order chi connectivity index (χ0) is 11.4. The number of nitrogens with zero attached hydrogens (tertiary/aromatic N) is 1. The molecule has 0 aliphatic carbocycles. The van der Waals surface area contributed by atoms with Crippen molar-refractivity contribution in [3.63, 3.8) is 0 Å². The van der Waals surface area contributed by atoms with Crippen LogP contribution in [0.5, 0.6) is 0 Å². The average Bonchev–Trinajstić information content (AvgIpc) is 2.73. The lowest BCUT2D eigenvalue weighted by Crippen LogP contribution is -2.18. The summed E-state index contributed by atoms with van der Waals surface area (Å²) in [6.07, 6.45) is 1.80. The van der Waals surface area contributed by atoms with Gasteiger partial charge in [0.1, 0.15) is 5.76 Å². The molecule has 0 bridgehead atoms. The lowest BCUT2D eigenvalue weighted by Gasteiger charge is -2.11. The Kier molecular flexibility index (Phi) is 3.74. The largest absolute Gasteiger partial charge is 0.453 e. The summed E-state index contributed by atoms with van der Waals surface area (Å²) in [5.41, 5.74) is 1.04. The molecule has 0 fully saturated rings. The van der Waals surface area contributed by atoms with Crippen molar-refractivity contribution in [1.82, 2.24) is 10.3 Å². The predicted molar refractivity (Wildman–Crippen MR) is 65.9 cm³/mol. The highest BCUT2D eigenvalue weighted by Crippen LogP contribution is 2.15. The Morgan fingerprint density at radius 2 is 2.25 bits per heavy atom. The van der Waals surface area contributed by atoms with E-state index in [1.165, 1.54) is 0 Å². The van der Waals surface area contributed by atoms with Gasteiger partial charge in [-0.25, -0.2) is 0 Å². The van der Waals surface area contributed by atoms with Gasteiger partial charge in [0.2, 0.25) is 0 Å². The fourth-order valence-corrected chi connectivity index (χ4v) is 1.78. The summed E-state index contributed by atoms with van der Waals surface area (Å²) in [5.74, 6) is 0.912. The molecule has 2 heterocycles. The average molecular weight is 281 g/mol. The molecule has 0 aromatic carbocycles. The lowest BCUT2D eigenvalue weighted by atomic mass is 10.2. The number of nitrogens with one attached hydrogen (secondary N) is 1. The minimum absolute atomic E-state index is 0.213. The SMILES string of the molecule is C[C@H](NCc1ccc(Br)o1)c1ccccn1. The van der Waals surface area contributed by atoms with E-state index in [1.54, 1.807) is 6.20 Å². The first-order valence-electron chi connectivity index (χ1n) is 5.14. The topological polar surface area (TPSA) is 38.1 Å². The Labute approximate surface area is 103 Å². The number of pyridine rings is 1. The molecular formula is C12H13BrN2O. The summed E-state index contributed by atoms with van der Waals surface area (Å²) in [7, 11) is 0. The second kappa shape index (κ2) is 5.27. The van der Waals surface area contributed by atoms with Crippen molar-refractivity contribution in [2.24, 2.45) is 0 Å². The van der Waals surface area contributed by atoms with Gasteiger partial charge in [0.25, 0.3) is 0 Å². The van der Waals surface area contributed by atoms with Gasteiger partial charge in [-0.1, -0.05) is 6.07 Å². The molecule has 84 valence electrons. The maximum atomic E-state index is 5.40. The summed E-state index contributed by atoms with van der Waals surface area (Å²) in [6.45, 7) is 2.78. The van der Waals surface area contributed by atoms with E-state index >= 15 is 0 Å². The zero-order valence-corrected chi connectivity index (χ0v) is 10.6. The normalized spacial score (nSPS) is 12.6. The maximum Gasteiger partial charge on any atom is 0.169 e. The third kappa shape index (κ3) is 2.93. The van der Waals surface area contributed by atoms with E-state index in [9.17, 15) is 0 Å². The number of halogens is 1. The summed E-state index contributed by atoms with van der Waals surface area (Å²) < 4.78 is 6.16. The molecule has 0 saturated carbocycles. The third-order valence-electron chi connectivity index (χ3n) is 2.34. The zero-order valence-electron chi connectivity index (χ0n) is 8.98. The van der Waals surface area contributed by atoms with Crippen molar-refractivity contribution in [2.45, 2.75) is 19.5 Å². The van der Waals surface area contributed by atoms with E-state index in [4.69, 9.17) is 4.42 Å². The summed E-state index contributed by atoms with van der Waals surface area (Å²) in [5, 5.41) is 3.35. The van der Waals surface area contributed by atoms with Gasteiger partial charge in [-0.2, -0.15) is 0 Å². The van der Waals surface area contributed by atoms with E-state index in [0.717, 1.165) is 16.1 Å². The van der Waals surface area contributed by atoms with E-state index in [-0.39, 0.29) is 6.04 Å². The van der Waals surface area contributed by atoms with Crippen LogP contribution in [0.3, 0.4) is 0 Å². The van der Waals surface area contributed by atoms with E-state index in [2.05, 4.69) is 33.2 Å². The molecular weight excluding hydrogens is 268 g/mol. The number of hydrogen-bond donors (Lipinski definition) is 1. The Morgan fingerprint density at radius 1 is 1.38 bits per heavy atom. The Morgan fingerprint density at radius 3 is 2.88 bits per heavy atom. The van der Waals surface area contributed by atoms with Crippen LogP contribution in [0.15, 0.2) is 45.6 Å². The molecule has 1 N–H and O–H groups in total. The number of aromatic nitrogens is 1. The van der Waals surface area contributed by atoms with Gasteiger partial charge in [0, 0.05) is 12.2 Å². The van der Waals surface area contributed by atoms with E-state index < -0.39 is 0 Å². The van der Waals surface area contributed by atoms with Crippen LogP contribution in [-0.4, -0.2) is 4.98 Å². The maximum absolute atomic E-state index is 5.40. The molecule has 0 saturated heterocycles. The van der Waals surface area contributed by atoms with E-state index in [1.807, 2.05) is 30.3 Å². The third-order valence-corrected chi connectivity index (χ3v) is 2.77. The van der Waals surface area contributed by atoms with Crippen molar-refractivity contribution in [3.8, 4) is 0 Å². The molecule has 0 aliphatic heterocycles. The van der Waals surface area contributed by atoms with Gasteiger partial charge in [-0.05, 0) is 47.1 Å². The molecule has 16 heavy (non-hydrogen) atoms. The smallest absolute Gasteiger partial charge is 0.169 e. The molecule has 2 aromatic rings. The molecule has 4 heteroatoms. The second-order valence-corrected chi connectivity index (χ2v) is 4.34. The van der Waals surface area contributed by atoms with Gasteiger partial charge in [-0.3, -0.25) is 4.98 Å². The molecule has 3 nitrogen and oxygen atoms in total. The molecule has 0 radical (unpaired) electrons. The fourth-order valence-electron chi connectivity index (χ4n) is 1.44. The van der Waals surface area contributed by atoms with Crippen LogP contribution in [0.2, 0.25) is 0 Å². The van der Waals surface area contributed by atoms with Crippen LogP contribution in [0.1, 0.15) is 24.4 Å². The standard InChI is InChI=1S/C12H13BrN2O/c1-9(11-4-2-3-7-14-11)15-8-10-5-6-12(13)16-10/h2-7,9,15H,8H2,1H3/t9-/m0/s1. The van der Waals surface area contributed by atoms with Crippen LogP contribution in [0.25, 0.3) is 0 Å². The Bertz CT molecular complexity index is 441. The second-order valence-electron chi connectivity index (χ2n) is 3.56. The van der Waals surface area contributed by atoms with Crippen molar-refractivity contribution in [1.29, 1.82) is 0 Å². The first-order valence-corrected chi connectivity index (χ1v) is 5.93. The molecule has 0 spiro atoms. The van der Waals surface area contributed by atoms with Crippen LogP contribution in [-0.2, 0) is 6.54 Å². The van der Waals surface area contributed by atoms with Crippen LogP contribution in [0, 0.1) is 0 Å². The number of rotatable bonds is 4. The van der Waals surface area contributed by atoms with Crippen LogP contribution < -0.4 is 5.32 Å². The lowest BCUT2D eigenvalue weighted by molar-refractivity contribution is 0.444. The molecule has 1 atom stereocenters. The van der Waals surface area contributed by atoms with E-state index in [0.29, 0.717) is 6.54 Å². The van der Waals surface area contributed by atoms with Gasteiger partial charge < -0.3 is 9.73 Å². The van der Waals surface area contributed by atoms with Gasteiger partial charge in [-0.15, -0.1) is 0 Å². The monoisotopic (exact) mass is 280 g/mol. The highest BCUT2D eigenvalue weighted by Gasteiger charge is 2.06. The summed E-state index contributed by atoms with van der Waals surface area (Å²) in [4.78, 5) is 4.29. The predicted octanol–water partition coefficient (Wildman–Crippen LogP) is 3.29. The first kappa shape index (κ1) is 11.4. The minimum atomic E-state index is 0.213. The molecule has 0 unspecified atom stereocenters. The quantitative estimate of drug-likeness (QED) is 0.934. The van der Waals surface area contributed by atoms with Crippen LogP contribution >= 0.6 is 15.9 Å². The summed E-state index contributed by atoms with van der Waals surface area (Å²) >= 11 is 3.28. The first-order chi connectivity index (χ1) is 7.75. The molecule has 2 aromatic heterocycles. The van der Waals surface area contributed by atoms with Crippen molar-refractivity contribution < 1.29 is 4.42 Å². The summed E-state index contributed by atoms with van der Waals surface area (Å²) in [6, 6.07) is 9.97. The Balaban J connectivity index is 1.91. The number of hydrogen-bond acceptors (Lipinski definition) is 3. The molecule has 0 amide bonds. The molecule has 2 rings (SSSR count). The highest BCUT2D eigenvalue weighted by atomic mass is 79.9. The minimum Gasteiger partial charge on any atom is -0.453 e. The Hall–Kier alpha value is -1.13. The molecule has 0 aliphatic rings. The highest BCUT2D eigenvalue weighted by molar-refractivity contribution is 9.10. The van der Waals surface area contributed by atoms with Gasteiger partial charge in [0.15, 0.2) is 4.67 Å². The van der Waals surface area contributed by atoms with Crippen LogP contribution in [0.4, 0.5) is 0 Å².